The van der Waals surface area contributed by atoms with E-state index >= 15 is 0 Å². The summed E-state index contributed by atoms with van der Waals surface area (Å²) in [6, 6.07) is 0.267. The van der Waals surface area contributed by atoms with E-state index in [9.17, 15) is 0 Å². The summed E-state index contributed by atoms with van der Waals surface area (Å²) in [6.07, 6.45) is 10.7. The molecule has 0 spiro atoms. The van der Waals surface area contributed by atoms with E-state index in [0.717, 1.165) is 19.0 Å². The van der Waals surface area contributed by atoms with Crippen LogP contribution in [-0.4, -0.2) is 54.9 Å². The second-order valence-electron chi connectivity index (χ2n) is 7.29. The van der Waals surface area contributed by atoms with Crippen LogP contribution in [-0.2, 0) is 7.05 Å². The number of guanidine groups is 1. The Morgan fingerprint density at radius 1 is 1.38 bits per heavy atom. The zero-order chi connectivity index (χ0) is 17.6. The van der Waals surface area contributed by atoms with Crippen LogP contribution in [0.5, 0.6) is 0 Å². The number of rotatable bonds is 7. The maximum absolute atomic E-state index is 4.40. The summed E-state index contributed by atoms with van der Waals surface area (Å²) in [5.74, 6) is 0.894. The van der Waals surface area contributed by atoms with Crippen LogP contribution in [0.1, 0.15) is 50.6 Å². The minimum Gasteiger partial charge on any atom is -0.356 e. The summed E-state index contributed by atoms with van der Waals surface area (Å²) in [5, 5.41) is 11.3. The lowest BCUT2D eigenvalue weighted by Gasteiger charge is -2.29. The fraction of sp³-hybridized carbons (Fsp3) is 0.778. The number of hydrogen-bond donors (Lipinski definition) is 2. The number of nitrogens with zero attached hydrogens (tertiary/aromatic N) is 4. The van der Waals surface area contributed by atoms with Gasteiger partial charge in [0, 0.05) is 38.9 Å². The van der Waals surface area contributed by atoms with Gasteiger partial charge in [-0.2, -0.15) is 5.10 Å². The second-order valence-corrected chi connectivity index (χ2v) is 7.29. The van der Waals surface area contributed by atoms with Gasteiger partial charge in [-0.15, -0.1) is 0 Å². The molecule has 1 heterocycles. The molecule has 0 aromatic carbocycles. The molecule has 24 heavy (non-hydrogen) atoms. The van der Waals surface area contributed by atoms with Crippen LogP contribution in [0.4, 0.5) is 0 Å². The molecule has 0 aliphatic heterocycles. The van der Waals surface area contributed by atoms with Crippen molar-refractivity contribution in [1.29, 1.82) is 0 Å². The summed E-state index contributed by atoms with van der Waals surface area (Å²) >= 11 is 0. The Labute approximate surface area is 146 Å². The molecule has 136 valence electrons. The van der Waals surface area contributed by atoms with E-state index in [2.05, 4.69) is 52.8 Å². The summed E-state index contributed by atoms with van der Waals surface area (Å²) in [6.45, 7) is 4.13. The van der Waals surface area contributed by atoms with Crippen molar-refractivity contribution >= 4 is 5.96 Å². The van der Waals surface area contributed by atoms with Gasteiger partial charge in [-0.3, -0.25) is 9.67 Å². The molecule has 0 amide bonds. The molecule has 1 atom stereocenters. The molecule has 1 fully saturated rings. The zero-order valence-corrected chi connectivity index (χ0v) is 16.0. The van der Waals surface area contributed by atoms with Crippen LogP contribution in [0, 0.1) is 5.41 Å². The van der Waals surface area contributed by atoms with E-state index in [1.54, 1.807) is 0 Å². The minimum atomic E-state index is 0.267. The topological polar surface area (TPSA) is 57.5 Å². The van der Waals surface area contributed by atoms with Gasteiger partial charge in [-0.05, 0) is 38.8 Å². The third kappa shape index (κ3) is 4.72. The largest absolute Gasteiger partial charge is 0.356 e. The average molecular weight is 335 g/mol. The highest BCUT2D eigenvalue weighted by Gasteiger charge is 2.31. The Balaban J connectivity index is 1.90. The molecular formula is C18H34N6. The Kier molecular flexibility index (Phi) is 6.66. The van der Waals surface area contributed by atoms with E-state index in [1.807, 2.05) is 25.0 Å². The van der Waals surface area contributed by atoms with Gasteiger partial charge in [0.05, 0.1) is 12.2 Å². The number of nitrogens with one attached hydrogen (secondary N) is 2. The molecule has 6 heteroatoms. The van der Waals surface area contributed by atoms with Crippen LogP contribution in [0.3, 0.4) is 0 Å². The first-order chi connectivity index (χ1) is 11.5. The lowest BCUT2D eigenvalue weighted by atomic mass is 9.83. The van der Waals surface area contributed by atoms with Gasteiger partial charge in [0.1, 0.15) is 0 Å². The lowest BCUT2D eigenvalue weighted by Crippen LogP contribution is -2.45. The first kappa shape index (κ1) is 18.8. The van der Waals surface area contributed by atoms with Crippen molar-refractivity contribution in [3.63, 3.8) is 0 Å². The quantitative estimate of drug-likeness (QED) is 0.593. The van der Waals surface area contributed by atoms with Crippen molar-refractivity contribution in [2.24, 2.45) is 17.5 Å². The number of hydrogen-bond acceptors (Lipinski definition) is 3. The molecular weight excluding hydrogens is 300 g/mol. The lowest BCUT2D eigenvalue weighted by molar-refractivity contribution is 0.280. The van der Waals surface area contributed by atoms with Crippen molar-refractivity contribution in [3.05, 3.63) is 18.0 Å². The van der Waals surface area contributed by atoms with E-state index in [4.69, 9.17) is 0 Å². The third-order valence-corrected chi connectivity index (χ3v) is 5.46. The third-order valence-electron chi connectivity index (χ3n) is 5.46. The molecule has 1 aromatic rings. The molecule has 1 aliphatic carbocycles. The van der Waals surface area contributed by atoms with Gasteiger partial charge < -0.3 is 15.5 Å². The van der Waals surface area contributed by atoms with Gasteiger partial charge in [0.2, 0.25) is 0 Å². The predicted molar refractivity (Wildman–Crippen MR) is 100 cm³/mol. The van der Waals surface area contributed by atoms with Crippen LogP contribution < -0.4 is 10.6 Å². The zero-order valence-electron chi connectivity index (χ0n) is 16.0. The highest BCUT2D eigenvalue weighted by atomic mass is 15.3. The Morgan fingerprint density at radius 3 is 2.58 bits per heavy atom. The van der Waals surface area contributed by atoms with Crippen molar-refractivity contribution in [2.75, 3.05) is 34.2 Å². The Hall–Kier alpha value is -1.56. The molecule has 6 nitrogen and oxygen atoms in total. The molecule has 1 aliphatic rings. The average Bonchev–Trinajstić information content (AvgIpc) is 3.20. The number of aryl methyl sites for hydroxylation is 1. The molecule has 1 aromatic heterocycles. The summed E-state index contributed by atoms with van der Waals surface area (Å²) in [5.41, 5.74) is 1.67. The van der Waals surface area contributed by atoms with Gasteiger partial charge in [-0.25, -0.2) is 0 Å². The van der Waals surface area contributed by atoms with Gasteiger partial charge in [-0.1, -0.05) is 19.8 Å². The van der Waals surface area contributed by atoms with Gasteiger partial charge >= 0.3 is 0 Å². The van der Waals surface area contributed by atoms with E-state index in [1.165, 1.54) is 37.7 Å². The van der Waals surface area contributed by atoms with Crippen molar-refractivity contribution in [2.45, 2.75) is 45.1 Å². The van der Waals surface area contributed by atoms with Gasteiger partial charge in [0.25, 0.3) is 0 Å². The first-order valence-corrected chi connectivity index (χ1v) is 9.09. The minimum absolute atomic E-state index is 0.267. The van der Waals surface area contributed by atoms with E-state index in [-0.39, 0.29) is 6.04 Å². The standard InChI is InChI=1S/C18H34N6/c1-6-18(9-7-8-10-18)14-21-17(19-2)20-12-16(23(3)4)15-11-22-24(5)13-15/h11,13,16H,6-10,12,14H2,1-5H3,(H2,19,20,21). The number of aliphatic imine (C=N–C) groups is 1. The molecule has 0 bridgehead atoms. The smallest absolute Gasteiger partial charge is 0.191 e. The normalized spacial score (nSPS) is 18.8. The van der Waals surface area contributed by atoms with E-state index in [0.29, 0.717) is 5.41 Å². The highest BCUT2D eigenvalue weighted by molar-refractivity contribution is 5.79. The fourth-order valence-corrected chi connectivity index (χ4v) is 3.68. The predicted octanol–water partition coefficient (Wildman–Crippen LogP) is 2.16. The molecule has 2 N–H and O–H groups in total. The molecule has 1 unspecified atom stereocenters. The Morgan fingerprint density at radius 2 is 2.08 bits per heavy atom. The summed E-state index contributed by atoms with van der Waals surface area (Å²) in [4.78, 5) is 6.61. The maximum atomic E-state index is 4.40. The molecule has 0 radical (unpaired) electrons. The monoisotopic (exact) mass is 334 g/mol. The van der Waals surface area contributed by atoms with Crippen molar-refractivity contribution < 1.29 is 0 Å². The fourth-order valence-electron chi connectivity index (χ4n) is 3.68. The summed E-state index contributed by atoms with van der Waals surface area (Å²) < 4.78 is 1.85. The highest BCUT2D eigenvalue weighted by Crippen LogP contribution is 2.40. The SMILES string of the molecule is CCC1(CNC(=NC)NCC(c2cnn(C)c2)N(C)C)CCCC1. The van der Waals surface area contributed by atoms with E-state index < -0.39 is 0 Å². The molecule has 2 rings (SSSR count). The van der Waals surface area contributed by atoms with Crippen LogP contribution in [0.25, 0.3) is 0 Å². The number of aromatic nitrogens is 2. The van der Waals surface area contributed by atoms with Crippen LogP contribution in [0.15, 0.2) is 17.4 Å². The molecule has 0 saturated heterocycles. The first-order valence-electron chi connectivity index (χ1n) is 9.09. The number of likely N-dealkylation sites (N-methyl/N-ethyl adjacent to an activating group) is 1. The van der Waals surface area contributed by atoms with Gasteiger partial charge in [0.15, 0.2) is 5.96 Å². The van der Waals surface area contributed by atoms with Crippen molar-refractivity contribution in [1.82, 2.24) is 25.3 Å². The molecule has 1 saturated carbocycles. The second kappa shape index (κ2) is 8.51. The maximum Gasteiger partial charge on any atom is 0.191 e. The van der Waals surface area contributed by atoms with Crippen LogP contribution in [0.2, 0.25) is 0 Å². The Bertz CT molecular complexity index is 527. The van der Waals surface area contributed by atoms with Crippen LogP contribution >= 0.6 is 0 Å². The summed E-state index contributed by atoms with van der Waals surface area (Å²) in [7, 11) is 7.99. The van der Waals surface area contributed by atoms with Crippen molar-refractivity contribution in [3.8, 4) is 0 Å².